The van der Waals surface area contributed by atoms with Gasteiger partial charge >= 0.3 is 5.97 Å². The first-order valence-electron chi connectivity index (χ1n) is 7.97. The third kappa shape index (κ3) is 4.24. The van der Waals surface area contributed by atoms with Crippen LogP contribution in [0.2, 0.25) is 0 Å². The second kappa shape index (κ2) is 7.34. The number of nitrogens with zero attached hydrogens (tertiary/aromatic N) is 3. The van der Waals surface area contributed by atoms with Crippen molar-refractivity contribution in [3.05, 3.63) is 52.3 Å². The van der Waals surface area contributed by atoms with E-state index in [1.807, 2.05) is 13.8 Å². The number of hydrogen-bond acceptors (Lipinski definition) is 5. The van der Waals surface area contributed by atoms with Gasteiger partial charge in [0.2, 0.25) is 0 Å². The number of nitro groups is 1. The zero-order valence-corrected chi connectivity index (χ0v) is 14.7. The highest BCUT2D eigenvalue weighted by molar-refractivity contribution is 5.93. The molecule has 2 aromatic rings. The first-order valence-corrected chi connectivity index (χ1v) is 7.97. The van der Waals surface area contributed by atoms with Gasteiger partial charge in [-0.05, 0) is 25.0 Å². The van der Waals surface area contributed by atoms with Gasteiger partial charge in [0.15, 0.2) is 5.69 Å². The minimum absolute atomic E-state index is 0.0853. The average Bonchev–Trinajstić information content (AvgIpc) is 3.04. The van der Waals surface area contributed by atoms with Crippen LogP contribution in [0.15, 0.2) is 36.5 Å². The molecule has 0 aliphatic rings. The van der Waals surface area contributed by atoms with Crippen molar-refractivity contribution in [2.45, 2.75) is 32.7 Å². The lowest BCUT2D eigenvalue weighted by atomic mass is 9.85. The molecule has 0 bridgehead atoms. The number of aliphatic carboxylic acids is 1. The number of nitro benzene ring substituents is 1. The van der Waals surface area contributed by atoms with Gasteiger partial charge in [0.25, 0.3) is 11.6 Å². The van der Waals surface area contributed by atoms with E-state index in [2.05, 4.69) is 10.4 Å². The van der Waals surface area contributed by atoms with Crippen LogP contribution in [0.1, 0.15) is 37.7 Å². The first-order chi connectivity index (χ1) is 12.1. The Morgan fingerprint density at radius 2 is 2.08 bits per heavy atom. The van der Waals surface area contributed by atoms with Gasteiger partial charge in [-0.3, -0.25) is 19.7 Å². The van der Waals surface area contributed by atoms with Gasteiger partial charge in [0, 0.05) is 18.3 Å². The first kappa shape index (κ1) is 19.1. The number of benzene rings is 1. The number of aromatic nitrogens is 2. The predicted octanol–water partition coefficient (Wildman–Crippen LogP) is 2.40. The summed E-state index contributed by atoms with van der Waals surface area (Å²) in [6.07, 6.45) is 1.29. The van der Waals surface area contributed by atoms with Crippen LogP contribution in [0.3, 0.4) is 0 Å². The lowest BCUT2D eigenvalue weighted by Gasteiger charge is -2.33. The second-order valence-electron chi connectivity index (χ2n) is 6.52. The molecule has 1 heterocycles. The van der Waals surface area contributed by atoms with E-state index >= 15 is 0 Å². The van der Waals surface area contributed by atoms with E-state index < -0.39 is 22.3 Å². The summed E-state index contributed by atoms with van der Waals surface area (Å²) < 4.78 is 1.35. The van der Waals surface area contributed by atoms with E-state index in [4.69, 9.17) is 5.11 Å². The van der Waals surface area contributed by atoms with Crippen molar-refractivity contribution in [1.29, 1.82) is 0 Å². The molecule has 138 valence electrons. The van der Waals surface area contributed by atoms with E-state index in [-0.39, 0.29) is 23.7 Å². The molecule has 1 unspecified atom stereocenters. The molecule has 2 rings (SSSR count). The summed E-state index contributed by atoms with van der Waals surface area (Å²) in [6.45, 7) is 5.32. The van der Waals surface area contributed by atoms with Crippen LogP contribution in [0.25, 0.3) is 5.69 Å². The van der Waals surface area contributed by atoms with Crippen molar-refractivity contribution < 1.29 is 19.6 Å². The van der Waals surface area contributed by atoms with Gasteiger partial charge in [-0.2, -0.15) is 5.10 Å². The van der Waals surface area contributed by atoms with Crippen LogP contribution in [-0.2, 0) is 4.79 Å². The fourth-order valence-corrected chi connectivity index (χ4v) is 2.37. The topological polar surface area (TPSA) is 127 Å². The van der Waals surface area contributed by atoms with Crippen molar-refractivity contribution in [3.63, 3.8) is 0 Å². The molecule has 1 atom stereocenters. The summed E-state index contributed by atoms with van der Waals surface area (Å²) in [5.41, 5.74) is -0.486. The number of rotatable bonds is 7. The minimum Gasteiger partial charge on any atom is -0.481 e. The van der Waals surface area contributed by atoms with Crippen LogP contribution < -0.4 is 5.32 Å². The zero-order chi connectivity index (χ0) is 19.5. The Hall–Kier alpha value is -3.23. The number of carboxylic acid groups (broad SMARTS) is 1. The maximum Gasteiger partial charge on any atom is 0.305 e. The number of hydrogen-bond donors (Lipinski definition) is 2. The van der Waals surface area contributed by atoms with E-state index in [9.17, 15) is 19.7 Å². The third-order valence-electron chi connectivity index (χ3n) is 4.32. The Morgan fingerprint density at radius 3 is 2.65 bits per heavy atom. The number of carbonyl (C=O) groups excluding carboxylic acids is 1. The van der Waals surface area contributed by atoms with Crippen molar-refractivity contribution in [2.75, 3.05) is 0 Å². The van der Waals surface area contributed by atoms with Crippen LogP contribution in [0.5, 0.6) is 0 Å². The summed E-state index contributed by atoms with van der Waals surface area (Å²) in [5, 5.41) is 26.8. The lowest BCUT2D eigenvalue weighted by Crippen LogP contribution is -2.51. The Morgan fingerprint density at radius 1 is 1.38 bits per heavy atom. The fraction of sp³-hybridized carbons (Fsp3) is 0.353. The van der Waals surface area contributed by atoms with Gasteiger partial charge in [-0.1, -0.05) is 19.9 Å². The molecular weight excluding hydrogens is 340 g/mol. The Labute approximate surface area is 149 Å². The fourth-order valence-electron chi connectivity index (χ4n) is 2.37. The summed E-state index contributed by atoms with van der Waals surface area (Å²) in [7, 11) is 0. The molecule has 2 N–H and O–H groups in total. The maximum atomic E-state index is 12.5. The van der Waals surface area contributed by atoms with Crippen LogP contribution in [0.4, 0.5) is 5.69 Å². The van der Waals surface area contributed by atoms with Gasteiger partial charge in [-0.15, -0.1) is 0 Å². The van der Waals surface area contributed by atoms with Gasteiger partial charge in [0.05, 0.1) is 22.6 Å². The predicted molar refractivity (Wildman–Crippen MR) is 93.2 cm³/mol. The van der Waals surface area contributed by atoms with E-state index in [1.165, 1.54) is 35.1 Å². The van der Waals surface area contributed by atoms with Crippen LogP contribution in [0, 0.1) is 16.0 Å². The van der Waals surface area contributed by atoms with Crippen molar-refractivity contribution >= 4 is 17.6 Å². The van der Waals surface area contributed by atoms with Gasteiger partial charge in [-0.25, -0.2) is 4.68 Å². The average molecular weight is 360 g/mol. The normalized spacial score (nSPS) is 13.2. The summed E-state index contributed by atoms with van der Waals surface area (Å²) >= 11 is 0. The van der Waals surface area contributed by atoms with E-state index in [0.29, 0.717) is 5.69 Å². The minimum atomic E-state index is -1.01. The summed E-state index contributed by atoms with van der Waals surface area (Å²) in [6, 6.07) is 7.33. The molecule has 1 aromatic heterocycles. The number of non-ortho nitro benzene ring substituents is 1. The monoisotopic (exact) mass is 360 g/mol. The largest absolute Gasteiger partial charge is 0.481 e. The third-order valence-corrected chi connectivity index (χ3v) is 4.32. The van der Waals surface area contributed by atoms with Crippen molar-refractivity contribution in [2.24, 2.45) is 5.92 Å². The SMILES string of the molecule is CC(C)C(C)(CC(=O)O)NC(=O)c1ccn(-c2cccc([N+](=O)[O-])c2)n1. The highest BCUT2D eigenvalue weighted by Gasteiger charge is 2.33. The molecule has 1 amide bonds. The highest BCUT2D eigenvalue weighted by atomic mass is 16.6. The van der Waals surface area contributed by atoms with Crippen molar-refractivity contribution in [3.8, 4) is 5.69 Å². The second-order valence-corrected chi connectivity index (χ2v) is 6.52. The van der Waals surface area contributed by atoms with E-state index in [1.54, 1.807) is 13.0 Å². The molecule has 0 fully saturated rings. The smallest absolute Gasteiger partial charge is 0.305 e. The molecule has 0 saturated carbocycles. The summed E-state index contributed by atoms with van der Waals surface area (Å²) in [4.78, 5) is 33.9. The molecular formula is C17H20N4O5. The molecule has 0 spiro atoms. The molecule has 0 aliphatic carbocycles. The number of carboxylic acids is 1. The quantitative estimate of drug-likeness (QED) is 0.576. The van der Waals surface area contributed by atoms with E-state index in [0.717, 1.165) is 0 Å². The Bertz CT molecular complexity index is 845. The number of nitrogens with one attached hydrogen (secondary N) is 1. The summed E-state index contributed by atoms with van der Waals surface area (Å²) in [5.74, 6) is -1.63. The maximum absolute atomic E-state index is 12.5. The Balaban J connectivity index is 2.23. The standard InChI is InChI=1S/C17H20N4O5/c1-11(2)17(3,10-15(22)23)18-16(24)14-7-8-20(19-14)12-5-4-6-13(9-12)21(25)26/h4-9,11H,10H2,1-3H3,(H,18,24)(H,22,23). The Kier molecular flexibility index (Phi) is 5.39. The number of amides is 1. The van der Waals surface area contributed by atoms with Gasteiger partial charge in [0.1, 0.15) is 0 Å². The highest BCUT2D eigenvalue weighted by Crippen LogP contribution is 2.22. The molecule has 9 nitrogen and oxygen atoms in total. The lowest BCUT2D eigenvalue weighted by molar-refractivity contribution is -0.384. The molecule has 1 aromatic carbocycles. The molecule has 0 saturated heterocycles. The van der Waals surface area contributed by atoms with Crippen LogP contribution in [-0.4, -0.2) is 37.2 Å². The zero-order valence-electron chi connectivity index (χ0n) is 14.7. The molecule has 0 aliphatic heterocycles. The van der Waals surface area contributed by atoms with Gasteiger partial charge < -0.3 is 10.4 Å². The number of carbonyl (C=O) groups is 2. The molecule has 9 heteroatoms. The van der Waals surface area contributed by atoms with Crippen molar-refractivity contribution in [1.82, 2.24) is 15.1 Å². The molecule has 26 heavy (non-hydrogen) atoms. The molecule has 0 radical (unpaired) electrons. The van der Waals surface area contributed by atoms with Crippen LogP contribution >= 0.6 is 0 Å².